The van der Waals surface area contributed by atoms with Crippen LogP contribution < -0.4 is 5.73 Å². The summed E-state index contributed by atoms with van der Waals surface area (Å²) >= 11 is 0. The molecule has 74 valence electrons. The summed E-state index contributed by atoms with van der Waals surface area (Å²) in [6.45, 7) is 10.6. The number of nitrogens with two attached hydrogens (primary N) is 1. The molecule has 1 nitrogen and oxygen atoms in total. The van der Waals surface area contributed by atoms with Crippen LogP contribution in [-0.4, -0.2) is 14.6 Å². The first-order valence-electron chi connectivity index (χ1n) is 5.24. The molecule has 0 saturated carbocycles. The Balaban J connectivity index is 3.81. The van der Waals surface area contributed by atoms with Crippen molar-refractivity contribution in [2.75, 3.05) is 6.54 Å². The van der Waals surface area contributed by atoms with Crippen LogP contribution in [0.25, 0.3) is 0 Å². The smallest absolute Gasteiger partial charge is 0.0502 e. The van der Waals surface area contributed by atoms with Crippen molar-refractivity contribution in [2.24, 2.45) is 5.73 Å². The van der Waals surface area contributed by atoms with Gasteiger partial charge in [0.15, 0.2) is 0 Å². The topological polar surface area (TPSA) is 26.0 Å². The predicted molar refractivity (Wildman–Crippen MR) is 60.3 cm³/mol. The van der Waals surface area contributed by atoms with Crippen LogP contribution in [0.4, 0.5) is 0 Å². The quantitative estimate of drug-likeness (QED) is 0.635. The summed E-state index contributed by atoms with van der Waals surface area (Å²) in [6.07, 6.45) is 3.97. The molecule has 0 saturated heterocycles. The first kappa shape index (κ1) is 12.2. The molecule has 1 atom stereocenters. The fourth-order valence-corrected chi connectivity index (χ4v) is 4.31. The largest absolute Gasteiger partial charge is 0.330 e. The molecule has 0 aliphatic heterocycles. The van der Waals surface area contributed by atoms with Crippen LogP contribution in [0.5, 0.6) is 0 Å². The average molecular weight is 187 g/mol. The Morgan fingerprint density at radius 2 is 1.92 bits per heavy atom. The zero-order valence-electron chi connectivity index (χ0n) is 9.19. The molecule has 12 heavy (non-hydrogen) atoms. The molecular formula is C10H25NSi. The minimum absolute atomic E-state index is 0.870. The van der Waals surface area contributed by atoms with Crippen molar-refractivity contribution in [3.63, 3.8) is 0 Å². The molecule has 0 aromatic carbocycles. The van der Waals surface area contributed by atoms with Crippen molar-refractivity contribution in [1.82, 2.24) is 0 Å². The maximum absolute atomic E-state index is 5.53. The van der Waals surface area contributed by atoms with Crippen LogP contribution >= 0.6 is 0 Å². The molecular weight excluding hydrogens is 162 g/mol. The van der Waals surface area contributed by atoms with Crippen LogP contribution in [0.1, 0.15) is 33.1 Å². The van der Waals surface area contributed by atoms with Gasteiger partial charge in [0.2, 0.25) is 0 Å². The summed E-state index contributed by atoms with van der Waals surface area (Å²) < 4.78 is 0. The first-order valence-corrected chi connectivity index (χ1v) is 8.53. The lowest BCUT2D eigenvalue weighted by atomic mass is 10.3. The normalized spacial score (nSPS) is 14.8. The molecule has 0 aromatic heterocycles. The van der Waals surface area contributed by atoms with Crippen LogP contribution in [-0.2, 0) is 0 Å². The molecule has 0 aromatic rings. The molecule has 2 heteroatoms. The standard InChI is InChI=1S/C10H25NSi/c1-5-7-10(2)12(3,4)9-6-8-11/h10H,5-9,11H2,1-4H3/t10-/m1/s1. The first-order chi connectivity index (χ1) is 5.54. The van der Waals surface area contributed by atoms with Gasteiger partial charge in [0.1, 0.15) is 0 Å². The van der Waals surface area contributed by atoms with Crippen LogP contribution in [0, 0.1) is 0 Å². The molecule has 0 bridgehead atoms. The van der Waals surface area contributed by atoms with Gasteiger partial charge in [0.05, 0.1) is 8.07 Å². The molecule has 0 rings (SSSR count). The van der Waals surface area contributed by atoms with Crippen LogP contribution in [0.2, 0.25) is 24.7 Å². The van der Waals surface area contributed by atoms with Crippen molar-refractivity contribution >= 4 is 8.07 Å². The summed E-state index contributed by atoms with van der Waals surface area (Å²) in [7, 11) is -0.929. The maximum atomic E-state index is 5.53. The molecule has 0 heterocycles. The van der Waals surface area contributed by atoms with E-state index in [1.807, 2.05) is 0 Å². The lowest BCUT2D eigenvalue weighted by Gasteiger charge is -2.29. The molecule has 0 spiro atoms. The van der Waals surface area contributed by atoms with Gasteiger partial charge in [-0.15, -0.1) is 0 Å². The van der Waals surface area contributed by atoms with Gasteiger partial charge in [-0.2, -0.15) is 0 Å². The lowest BCUT2D eigenvalue weighted by molar-refractivity contribution is 0.733. The molecule has 0 aliphatic rings. The Morgan fingerprint density at radius 3 is 2.33 bits per heavy atom. The Labute approximate surface area is 78.7 Å². The third-order valence-electron chi connectivity index (χ3n) is 3.08. The van der Waals surface area contributed by atoms with Crippen molar-refractivity contribution in [3.05, 3.63) is 0 Å². The van der Waals surface area contributed by atoms with E-state index in [9.17, 15) is 0 Å². The molecule has 0 amide bonds. The fraction of sp³-hybridized carbons (Fsp3) is 1.00. The molecule has 0 unspecified atom stereocenters. The maximum Gasteiger partial charge on any atom is 0.0502 e. The summed E-state index contributed by atoms with van der Waals surface area (Å²) in [4.78, 5) is 0. The minimum Gasteiger partial charge on any atom is -0.330 e. The van der Waals surface area contributed by atoms with E-state index in [2.05, 4.69) is 26.9 Å². The summed E-state index contributed by atoms with van der Waals surface area (Å²) in [6, 6.07) is 1.41. The third-order valence-corrected chi connectivity index (χ3v) is 7.68. The SMILES string of the molecule is CCC[C@@H](C)[Si](C)(C)CCCN. The number of hydrogen-bond donors (Lipinski definition) is 1. The highest BCUT2D eigenvalue weighted by Gasteiger charge is 2.26. The van der Waals surface area contributed by atoms with Crippen molar-refractivity contribution < 1.29 is 0 Å². The monoisotopic (exact) mass is 187 g/mol. The van der Waals surface area contributed by atoms with Gasteiger partial charge in [-0.05, 0) is 18.5 Å². The van der Waals surface area contributed by atoms with Crippen molar-refractivity contribution in [3.8, 4) is 0 Å². The summed E-state index contributed by atoms with van der Waals surface area (Å²) in [5.74, 6) is 0. The van der Waals surface area contributed by atoms with Gasteiger partial charge in [0, 0.05) is 0 Å². The number of rotatable bonds is 6. The lowest BCUT2D eigenvalue weighted by Crippen LogP contribution is -2.31. The van der Waals surface area contributed by atoms with Crippen molar-refractivity contribution in [1.29, 1.82) is 0 Å². The van der Waals surface area contributed by atoms with E-state index in [0.29, 0.717) is 0 Å². The number of hydrogen-bond acceptors (Lipinski definition) is 1. The van der Waals surface area contributed by atoms with Crippen LogP contribution in [0.15, 0.2) is 0 Å². The van der Waals surface area contributed by atoms with Gasteiger partial charge < -0.3 is 5.73 Å². The van der Waals surface area contributed by atoms with Gasteiger partial charge in [0.25, 0.3) is 0 Å². The van der Waals surface area contributed by atoms with E-state index in [4.69, 9.17) is 5.73 Å². The molecule has 0 fully saturated rings. The summed E-state index contributed by atoms with van der Waals surface area (Å²) in [5, 5.41) is 0. The van der Waals surface area contributed by atoms with Gasteiger partial charge in [-0.1, -0.05) is 45.8 Å². The Kier molecular flexibility index (Phi) is 5.84. The third kappa shape index (κ3) is 4.26. The summed E-state index contributed by atoms with van der Waals surface area (Å²) in [5.41, 5.74) is 6.50. The zero-order chi connectivity index (χ0) is 9.61. The second-order valence-corrected chi connectivity index (χ2v) is 10.0. The highest BCUT2D eigenvalue weighted by atomic mass is 28.3. The second kappa shape index (κ2) is 5.76. The van der Waals surface area contributed by atoms with Gasteiger partial charge in [-0.3, -0.25) is 0 Å². The average Bonchev–Trinajstić information content (AvgIpc) is 2.01. The highest BCUT2D eigenvalue weighted by molar-refractivity contribution is 6.78. The minimum atomic E-state index is -0.929. The molecule has 0 aliphatic carbocycles. The van der Waals surface area contributed by atoms with Gasteiger partial charge >= 0.3 is 0 Å². The van der Waals surface area contributed by atoms with E-state index in [0.717, 1.165) is 12.1 Å². The Hall–Kier alpha value is 0.177. The molecule has 0 radical (unpaired) electrons. The van der Waals surface area contributed by atoms with Gasteiger partial charge in [-0.25, -0.2) is 0 Å². The Morgan fingerprint density at radius 1 is 1.33 bits per heavy atom. The van der Waals surface area contributed by atoms with E-state index < -0.39 is 8.07 Å². The van der Waals surface area contributed by atoms with E-state index in [-0.39, 0.29) is 0 Å². The fourth-order valence-electron chi connectivity index (χ4n) is 1.63. The zero-order valence-corrected chi connectivity index (χ0v) is 10.2. The van der Waals surface area contributed by atoms with E-state index >= 15 is 0 Å². The Bertz CT molecular complexity index is 112. The van der Waals surface area contributed by atoms with Crippen molar-refractivity contribution in [2.45, 2.75) is 57.8 Å². The molecule has 2 N–H and O–H groups in total. The van der Waals surface area contributed by atoms with Crippen LogP contribution in [0.3, 0.4) is 0 Å². The highest BCUT2D eigenvalue weighted by Crippen LogP contribution is 2.30. The second-order valence-electron chi connectivity index (χ2n) is 4.57. The van der Waals surface area contributed by atoms with E-state index in [1.54, 1.807) is 0 Å². The predicted octanol–water partition coefficient (Wildman–Crippen LogP) is 3.23. The van der Waals surface area contributed by atoms with E-state index in [1.165, 1.54) is 25.3 Å².